The lowest BCUT2D eigenvalue weighted by atomic mass is 9.90. The second-order valence-electron chi connectivity index (χ2n) is 9.52. The first-order valence-electron chi connectivity index (χ1n) is 12.5. The number of hydrogen-bond donors (Lipinski definition) is 0. The molecular formula is C24H40O7. The standard InChI is InChI=1S/C24H40O7/c1-26-22(25)9-3-2-8-17-14-18-19(16-29-23-10-4-6-12-27-23)21(15-20(18)30-17)31-24-11-5-7-13-28-24/h17-21,23-24H,2-16H2,1H3. The summed E-state index contributed by atoms with van der Waals surface area (Å²) >= 11 is 0. The van der Waals surface area contributed by atoms with Crippen LogP contribution in [0.25, 0.3) is 0 Å². The maximum Gasteiger partial charge on any atom is 0.305 e. The van der Waals surface area contributed by atoms with Crippen molar-refractivity contribution in [3.05, 3.63) is 0 Å². The van der Waals surface area contributed by atoms with Gasteiger partial charge < -0.3 is 28.4 Å². The predicted octanol–water partition coefficient (Wildman–Crippen LogP) is 3.97. The minimum atomic E-state index is -0.128. The molecule has 4 rings (SSSR count). The summed E-state index contributed by atoms with van der Waals surface area (Å²) in [5.41, 5.74) is 0. The fraction of sp³-hybridized carbons (Fsp3) is 0.958. The highest BCUT2D eigenvalue weighted by Crippen LogP contribution is 2.46. The van der Waals surface area contributed by atoms with E-state index in [0.29, 0.717) is 24.9 Å². The summed E-state index contributed by atoms with van der Waals surface area (Å²) in [6.07, 6.45) is 12.4. The summed E-state index contributed by atoms with van der Waals surface area (Å²) in [7, 11) is 1.45. The van der Waals surface area contributed by atoms with E-state index in [-0.39, 0.29) is 36.9 Å². The number of unbranched alkanes of at least 4 members (excludes halogenated alkanes) is 1. The molecule has 1 saturated carbocycles. The van der Waals surface area contributed by atoms with Crippen LogP contribution in [-0.4, -0.2) is 63.8 Å². The third-order valence-electron chi connectivity index (χ3n) is 7.33. The van der Waals surface area contributed by atoms with Crippen molar-refractivity contribution in [2.45, 2.75) is 108 Å². The normalized spacial score (nSPS) is 38.2. The molecule has 0 N–H and O–H groups in total. The van der Waals surface area contributed by atoms with Gasteiger partial charge in [-0.15, -0.1) is 0 Å². The fourth-order valence-corrected chi connectivity index (χ4v) is 5.61. The Morgan fingerprint density at radius 3 is 2.45 bits per heavy atom. The molecule has 0 aromatic heterocycles. The smallest absolute Gasteiger partial charge is 0.305 e. The molecule has 178 valence electrons. The van der Waals surface area contributed by atoms with Crippen LogP contribution in [0.15, 0.2) is 0 Å². The lowest BCUT2D eigenvalue weighted by molar-refractivity contribution is -0.212. The Bertz CT molecular complexity index is 544. The van der Waals surface area contributed by atoms with Gasteiger partial charge in [-0.25, -0.2) is 0 Å². The monoisotopic (exact) mass is 440 g/mol. The molecule has 0 bridgehead atoms. The van der Waals surface area contributed by atoms with Crippen molar-refractivity contribution >= 4 is 5.97 Å². The highest BCUT2D eigenvalue weighted by atomic mass is 16.7. The van der Waals surface area contributed by atoms with Gasteiger partial charge >= 0.3 is 5.97 Å². The number of hydrogen-bond acceptors (Lipinski definition) is 7. The highest BCUT2D eigenvalue weighted by molar-refractivity contribution is 5.68. The van der Waals surface area contributed by atoms with Gasteiger partial charge in [0.05, 0.1) is 32.0 Å². The van der Waals surface area contributed by atoms with Crippen molar-refractivity contribution in [1.29, 1.82) is 0 Å². The molecule has 1 aliphatic carbocycles. The second kappa shape index (κ2) is 11.9. The average Bonchev–Trinajstić information content (AvgIpc) is 3.33. The molecule has 0 aromatic rings. The van der Waals surface area contributed by atoms with Crippen molar-refractivity contribution in [2.24, 2.45) is 11.8 Å². The van der Waals surface area contributed by atoms with E-state index in [1.54, 1.807) is 0 Å². The van der Waals surface area contributed by atoms with Gasteiger partial charge in [0, 0.05) is 32.0 Å². The topological polar surface area (TPSA) is 72.5 Å². The number of fused-ring (bicyclic) bond motifs is 1. The van der Waals surface area contributed by atoms with E-state index in [4.69, 9.17) is 28.4 Å². The van der Waals surface area contributed by atoms with Crippen LogP contribution in [0.2, 0.25) is 0 Å². The lowest BCUT2D eigenvalue weighted by Crippen LogP contribution is -2.35. The third-order valence-corrected chi connectivity index (χ3v) is 7.33. The Labute approximate surface area is 186 Å². The fourth-order valence-electron chi connectivity index (χ4n) is 5.61. The SMILES string of the molecule is COC(=O)CCCCC1CC2C(CC(OC3CCCCO3)C2COC2CCCCO2)O1. The first-order chi connectivity index (χ1) is 15.2. The molecule has 7 atom stereocenters. The molecule has 0 amide bonds. The van der Waals surface area contributed by atoms with Gasteiger partial charge in [0.1, 0.15) is 0 Å². The Hall–Kier alpha value is -0.730. The quantitative estimate of drug-likeness (QED) is 0.376. The molecule has 4 fully saturated rings. The number of carbonyl (C=O) groups excluding carboxylic acids is 1. The van der Waals surface area contributed by atoms with E-state index in [1.165, 1.54) is 20.0 Å². The second-order valence-corrected chi connectivity index (χ2v) is 9.52. The van der Waals surface area contributed by atoms with E-state index in [2.05, 4.69) is 0 Å². The Kier molecular flexibility index (Phi) is 9.02. The van der Waals surface area contributed by atoms with E-state index in [9.17, 15) is 4.79 Å². The van der Waals surface area contributed by atoms with Crippen LogP contribution >= 0.6 is 0 Å². The zero-order valence-corrected chi connectivity index (χ0v) is 19.0. The summed E-state index contributed by atoms with van der Waals surface area (Å²) in [5, 5.41) is 0. The number of esters is 1. The maximum absolute atomic E-state index is 11.3. The Morgan fingerprint density at radius 2 is 1.74 bits per heavy atom. The van der Waals surface area contributed by atoms with Gasteiger partial charge in [0.2, 0.25) is 0 Å². The molecule has 0 aromatic carbocycles. The Balaban J connectivity index is 1.28. The summed E-state index contributed by atoms with van der Waals surface area (Å²) in [6, 6.07) is 0. The minimum Gasteiger partial charge on any atom is -0.469 e. The van der Waals surface area contributed by atoms with Crippen molar-refractivity contribution in [3.8, 4) is 0 Å². The number of carbonyl (C=O) groups is 1. The molecule has 7 nitrogen and oxygen atoms in total. The predicted molar refractivity (Wildman–Crippen MR) is 113 cm³/mol. The molecule has 3 heterocycles. The van der Waals surface area contributed by atoms with Crippen molar-refractivity contribution in [3.63, 3.8) is 0 Å². The van der Waals surface area contributed by atoms with E-state index >= 15 is 0 Å². The Morgan fingerprint density at radius 1 is 0.968 bits per heavy atom. The molecular weight excluding hydrogens is 400 g/mol. The minimum absolute atomic E-state index is 0.0733. The summed E-state index contributed by atoms with van der Waals surface area (Å²) < 4.78 is 35.5. The van der Waals surface area contributed by atoms with E-state index in [1.807, 2.05) is 0 Å². The summed E-state index contributed by atoms with van der Waals surface area (Å²) in [6.45, 7) is 2.26. The summed E-state index contributed by atoms with van der Waals surface area (Å²) in [4.78, 5) is 11.3. The number of rotatable bonds is 10. The van der Waals surface area contributed by atoms with E-state index < -0.39 is 0 Å². The third kappa shape index (κ3) is 6.64. The van der Waals surface area contributed by atoms with Crippen LogP contribution in [0.3, 0.4) is 0 Å². The maximum atomic E-state index is 11.3. The van der Waals surface area contributed by atoms with Crippen LogP contribution in [0.4, 0.5) is 0 Å². The van der Waals surface area contributed by atoms with Gasteiger partial charge in [-0.3, -0.25) is 4.79 Å². The molecule has 3 saturated heterocycles. The van der Waals surface area contributed by atoms with Gasteiger partial charge in [-0.05, 0) is 63.7 Å². The zero-order chi connectivity index (χ0) is 21.5. The van der Waals surface area contributed by atoms with Gasteiger partial charge in [0.15, 0.2) is 12.6 Å². The van der Waals surface area contributed by atoms with Crippen LogP contribution in [-0.2, 0) is 33.2 Å². The first-order valence-corrected chi connectivity index (χ1v) is 12.5. The lowest BCUT2D eigenvalue weighted by Gasteiger charge is -2.31. The molecule has 0 spiro atoms. The number of methoxy groups -OCH3 is 1. The van der Waals surface area contributed by atoms with Crippen LogP contribution in [0.5, 0.6) is 0 Å². The molecule has 7 unspecified atom stereocenters. The summed E-state index contributed by atoms with van der Waals surface area (Å²) in [5.74, 6) is 0.653. The molecule has 31 heavy (non-hydrogen) atoms. The number of ether oxygens (including phenoxy) is 6. The van der Waals surface area contributed by atoms with E-state index in [0.717, 1.165) is 71.0 Å². The van der Waals surface area contributed by atoms with Gasteiger partial charge in [0.25, 0.3) is 0 Å². The van der Waals surface area contributed by atoms with Crippen LogP contribution in [0, 0.1) is 11.8 Å². The highest BCUT2D eigenvalue weighted by Gasteiger charge is 2.50. The van der Waals surface area contributed by atoms with Crippen molar-refractivity contribution in [1.82, 2.24) is 0 Å². The molecule has 4 aliphatic rings. The van der Waals surface area contributed by atoms with Gasteiger partial charge in [-0.2, -0.15) is 0 Å². The van der Waals surface area contributed by atoms with Crippen molar-refractivity contribution < 1.29 is 33.2 Å². The molecule has 3 aliphatic heterocycles. The zero-order valence-electron chi connectivity index (χ0n) is 19.0. The van der Waals surface area contributed by atoms with Crippen molar-refractivity contribution in [2.75, 3.05) is 26.9 Å². The average molecular weight is 441 g/mol. The largest absolute Gasteiger partial charge is 0.469 e. The molecule has 0 radical (unpaired) electrons. The first kappa shape index (κ1) is 23.4. The van der Waals surface area contributed by atoms with Crippen LogP contribution < -0.4 is 0 Å². The van der Waals surface area contributed by atoms with Crippen LogP contribution in [0.1, 0.15) is 77.0 Å². The van der Waals surface area contributed by atoms with Gasteiger partial charge in [-0.1, -0.05) is 6.42 Å². The molecule has 7 heteroatoms.